The van der Waals surface area contributed by atoms with E-state index in [4.69, 9.17) is 16.0 Å². The molecule has 166 valence electrons. The van der Waals surface area contributed by atoms with E-state index < -0.39 is 5.54 Å². The van der Waals surface area contributed by atoms with E-state index in [1.165, 1.54) is 0 Å². The van der Waals surface area contributed by atoms with Crippen molar-refractivity contribution in [2.75, 3.05) is 13.1 Å². The van der Waals surface area contributed by atoms with Crippen molar-refractivity contribution in [3.8, 4) is 0 Å². The van der Waals surface area contributed by atoms with E-state index in [0.717, 1.165) is 27.7 Å². The molecule has 2 aliphatic rings. The van der Waals surface area contributed by atoms with Gasteiger partial charge in [0, 0.05) is 28.4 Å². The number of H-pyrrole nitrogens is 1. The minimum absolute atomic E-state index is 0.0258. The van der Waals surface area contributed by atoms with Crippen molar-refractivity contribution in [3.63, 3.8) is 0 Å². The van der Waals surface area contributed by atoms with E-state index in [1.807, 2.05) is 55.5 Å². The molecule has 2 aromatic carbocycles. The van der Waals surface area contributed by atoms with Crippen LogP contribution in [0, 0.1) is 0 Å². The van der Waals surface area contributed by atoms with Crippen LogP contribution in [0.15, 0.2) is 71.3 Å². The molecular formula is C26H22ClN3O3. The Morgan fingerprint density at radius 3 is 2.64 bits per heavy atom. The minimum Gasteiger partial charge on any atom is -0.467 e. The summed E-state index contributed by atoms with van der Waals surface area (Å²) in [6.45, 7) is 2.56. The molecule has 2 aromatic heterocycles. The Balaban J connectivity index is 1.53. The summed E-state index contributed by atoms with van der Waals surface area (Å²) in [6, 6.07) is 19.4. The highest BCUT2D eigenvalue weighted by atomic mass is 35.5. The second kappa shape index (κ2) is 7.25. The van der Waals surface area contributed by atoms with Gasteiger partial charge in [0.15, 0.2) is 5.54 Å². The first-order chi connectivity index (χ1) is 16.0. The first-order valence-corrected chi connectivity index (χ1v) is 11.3. The SMILES string of the molecule is C[C@]12C(=O)N(Cc3ccco3)CC(=O)N1C[C@@H](c1ccc(Cl)cc1)c1c2[nH]c2ccccc12. The van der Waals surface area contributed by atoms with E-state index in [-0.39, 0.29) is 30.8 Å². The average molecular weight is 460 g/mol. The zero-order valence-electron chi connectivity index (χ0n) is 18.0. The van der Waals surface area contributed by atoms with Crippen molar-refractivity contribution >= 4 is 34.3 Å². The Kier molecular flexibility index (Phi) is 4.42. The third-order valence-electron chi connectivity index (χ3n) is 7.02. The van der Waals surface area contributed by atoms with Crippen molar-refractivity contribution in [1.29, 1.82) is 0 Å². The molecule has 33 heavy (non-hydrogen) atoms. The van der Waals surface area contributed by atoms with Crippen LogP contribution < -0.4 is 0 Å². The second-order valence-electron chi connectivity index (χ2n) is 8.88. The molecule has 0 unspecified atom stereocenters. The molecule has 4 aromatic rings. The van der Waals surface area contributed by atoms with Crippen LogP contribution >= 0.6 is 11.6 Å². The van der Waals surface area contributed by atoms with Gasteiger partial charge in [0.2, 0.25) is 5.91 Å². The lowest BCUT2D eigenvalue weighted by molar-refractivity contribution is -0.167. The minimum atomic E-state index is -1.13. The number of furan rings is 1. The molecule has 1 saturated heterocycles. The number of hydrogen-bond acceptors (Lipinski definition) is 3. The number of halogens is 1. The number of piperazine rings is 1. The molecule has 0 spiro atoms. The van der Waals surface area contributed by atoms with Crippen LogP contribution in [0.1, 0.15) is 35.4 Å². The second-order valence-corrected chi connectivity index (χ2v) is 9.32. The highest BCUT2D eigenvalue weighted by Crippen LogP contribution is 2.48. The maximum Gasteiger partial charge on any atom is 0.255 e. The topological polar surface area (TPSA) is 69.6 Å². The molecular weight excluding hydrogens is 438 g/mol. The maximum absolute atomic E-state index is 13.9. The van der Waals surface area contributed by atoms with Crippen molar-refractivity contribution in [2.45, 2.75) is 24.9 Å². The normalized spacial score (nSPS) is 22.5. The summed E-state index contributed by atoms with van der Waals surface area (Å²) in [4.78, 5) is 34.2. The van der Waals surface area contributed by atoms with Crippen LogP contribution in [-0.2, 0) is 21.7 Å². The van der Waals surface area contributed by atoms with E-state index in [2.05, 4.69) is 11.1 Å². The van der Waals surface area contributed by atoms with Gasteiger partial charge in [-0.05, 0) is 48.4 Å². The summed E-state index contributed by atoms with van der Waals surface area (Å²) in [6.07, 6.45) is 1.58. The number of benzene rings is 2. The molecule has 1 fully saturated rings. The number of rotatable bonds is 3. The fourth-order valence-corrected chi connectivity index (χ4v) is 5.51. The molecule has 6 nitrogen and oxygen atoms in total. The average Bonchev–Trinajstić information content (AvgIpc) is 3.47. The predicted molar refractivity (Wildman–Crippen MR) is 125 cm³/mol. The van der Waals surface area contributed by atoms with Crippen LogP contribution in [-0.4, -0.2) is 39.7 Å². The van der Waals surface area contributed by atoms with Crippen LogP contribution in [0.2, 0.25) is 5.02 Å². The highest BCUT2D eigenvalue weighted by molar-refractivity contribution is 6.30. The molecule has 2 amide bonds. The monoisotopic (exact) mass is 459 g/mol. The third-order valence-corrected chi connectivity index (χ3v) is 7.27. The Morgan fingerprint density at radius 1 is 1.09 bits per heavy atom. The van der Waals surface area contributed by atoms with Crippen molar-refractivity contribution in [2.24, 2.45) is 0 Å². The lowest BCUT2D eigenvalue weighted by Crippen LogP contribution is -2.67. The molecule has 4 heterocycles. The van der Waals surface area contributed by atoms with E-state index in [0.29, 0.717) is 17.3 Å². The van der Waals surface area contributed by atoms with Crippen LogP contribution in [0.3, 0.4) is 0 Å². The summed E-state index contributed by atoms with van der Waals surface area (Å²) < 4.78 is 5.45. The van der Waals surface area contributed by atoms with Gasteiger partial charge < -0.3 is 19.2 Å². The zero-order valence-corrected chi connectivity index (χ0v) is 18.8. The largest absolute Gasteiger partial charge is 0.467 e. The molecule has 0 saturated carbocycles. The number of carbonyl (C=O) groups is 2. The quantitative estimate of drug-likeness (QED) is 0.485. The number of hydrogen-bond donors (Lipinski definition) is 1. The van der Waals surface area contributed by atoms with Gasteiger partial charge in [0.05, 0.1) is 18.5 Å². The van der Waals surface area contributed by atoms with E-state index in [1.54, 1.807) is 22.1 Å². The lowest BCUT2D eigenvalue weighted by atomic mass is 9.76. The Bertz CT molecular complexity index is 1380. The Morgan fingerprint density at radius 2 is 1.88 bits per heavy atom. The van der Waals surface area contributed by atoms with Gasteiger partial charge in [-0.15, -0.1) is 0 Å². The van der Waals surface area contributed by atoms with Crippen molar-refractivity contribution in [3.05, 3.63) is 94.5 Å². The molecule has 7 heteroatoms. The highest BCUT2D eigenvalue weighted by Gasteiger charge is 2.56. The van der Waals surface area contributed by atoms with E-state index >= 15 is 0 Å². The number of para-hydroxylation sites is 1. The molecule has 6 rings (SSSR count). The van der Waals surface area contributed by atoms with Gasteiger partial charge in [-0.1, -0.05) is 41.9 Å². The number of aromatic nitrogens is 1. The van der Waals surface area contributed by atoms with Crippen molar-refractivity contribution in [1.82, 2.24) is 14.8 Å². The van der Waals surface area contributed by atoms with Gasteiger partial charge in [0.1, 0.15) is 12.3 Å². The first kappa shape index (κ1) is 20.1. The number of aromatic amines is 1. The fourth-order valence-electron chi connectivity index (χ4n) is 5.39. The molecule has 0 radical (unpaired) electrons. The molecule has 1 N–H and O–H groups in total. The first-order valence-electron chi connectivity index (χ1n) is 11.0. The summed E-state index contributed by atoms with van der Waals surface area (Å²) >= 11 is 6.15. The number of amides is 2. The van der Waals surface area contributed by atoms with Gasteiger partial charge in [-0.25, -0.2) is 0 Å². The van der Waals surface area contributed by atoms with Crippen molar-refractivity contribution < 1.29 is 14.0 Å². The molecule has 0 aliphatic carbocycles. The molecule has 2 atom stereocenters. The Labute approximate surface area is 195 Å². The third kappa shape index (κ3) is 2.94. The van der Waals surface area contributed by atoms with Gasteiger partial charge >= 0.3 is 0 Å². The van der Waals surface area contributed by atoms with Gasteiger partial charge in [-0.3, -0.25) is 9.59 Å². The van der Waals surface area contributed by atoms with Crippen LogP contribution in [0.4, 0.5) is 0 Å². The Hall–Kier alpha value is -3.51. The summed E-state index contributed by atoms with van der Waals surface area (Å²) in [5.74, 6) is 0.391. The number of fused-ring (bicyclic) bond motifs is 5. The number of nitrogens with zero attached hydrogens (tertiary/aromatic N) is 2. The summed E-state index contributed by atoms with van der Waals surface area (Å²) in [5, 5.41) is 1.73. The predicted octanol–water partition coefficient (Wildman–Crippen LogP) is 4.65. The van der Waals surface area contributed by atoms with Gasteiger partial charge in [0.25, 0.3) is 5.91 Å². The molecule has 2 aliphatic heterocycles. The maximum atomic E-state index is 13.9. The van der Waals surface area contributed by atoms with Crippen LogP contribution in [0.25, 0.3) is 10.9 Å². The lowest BCUT2D eigenvalue weighted by Gasteiger charge is -2.51. The molecule has 0 bridgehead atoms. The van der Waals surface area contributed by atoms with E-state index in [9.17, 15) is 9.59 Å². The zero-order chi connectivity index (χ0) is 22.7. The fraction of sp³-hybridized carbons (Fsp3) is 0.231. The number of carbonyl (C=O) groups excluding carboxylic acids is 2. The standard InChI is InChI=1S/C26H22ClN3O3/c1-26-24-23(19-6-2-3-7-21(19)28-24)20(16-8-10-17(27)11-9-16)14-30(26)22(31)15-29(25(26)32)13-18-5-4-12-33-18/h2-12,20,28H,13-15H2,1H3/t20-,26-/m0/s1. The smallest absolute Gasteiger partial charge is 0.255 e. The summed E-state index contributed by atoms with van der Waals surface area (Å²) in [5.41, 5.74) is 2.72. The van der Waals surface area contributed by atoms with Crippen LogP contribution in [0.5, 0.6) is 0 Å². The summed E-state index contributed by atoms with van der Waals surface area (Å²) in [7, 11) is 0. The number of nitrogens with one attached hydrogen (secondary N) is 1. The van der Waals surface area contributed by atoms with Gasteiger partial charge in [-0.2, -0.15) is 0 Å².